The molecule has 1 aliphatic rings. The predicted octanol–water partition coefficient (Wildman–Crippen LogP) is 4.37. The lowest BCUT2D eigenvalue weighted by Gasteiger charge is -2.23. The van der Waals surface area contributed by atoms with Gasteiger partial charge in [0.15, 0.2) is 10.3 Å². The van der Waals surface area contributed by atoms with Crippen LogP contribution in [0.25, 0.3) is 0 Å². The van der Waals surface area contributed by atoms with Gasteiger partial charge in [-0.05, 0) is 31.4 Å². The summed E-state index contributed by atoms with van der Waals surface area (Å²) in [6.07, 6.45) is 5.50. The molecule has 1 aromatic carbocycles. The van der Waals surface area contributed by atoms with E-state index in [4.69, 9.17) is 16.3 Å². The van der Waals surface area contributed by atoms with E-state index in [1.807, 2.05) is 24.3 Å². The number of halogens is 1. The molecule has 0 spiro atoms. The number of methoxy groups -OCH3 is 1. The molecular formula is C16H19ClN4OS. The van der Waals surface area contributed by atoms with Crippen LogP contribution in [-0.4, -0.2) is 36.4 Å². The molecule has 1 saturated heterocycles. The number of aromatic nitrogens is 1. The maximum absolute atomic E-state index is 6.22. The quantitative estimate of drug-likeness (QED) is 0.813. The van der Waals surface area contributed by atoms with Crippen molar-refractivity contribution in [1.82, 2.24) is 9.99 Å². The first-order valence-electron chi connectivity index (χ1n) is 7.61. The van der Waals surface area contributed by atoms with Crippen molar-refractivity contribution in [2.75, 3.05) is 25.5 Å². The minimum Gasteiger partial charge on any atom is -0.495 e. The molecule has 0 aliphatic carbocycles. The van der Waals surface area contributed by atoms with E-state index in [1.54, 1.807) is 13.3 Å². The zero-order valence-electron chi connectivity index (χ0n) is 13.0. The molecule has 1 fully saturated rings. The number of para-hydroxylation sites is 2. The molecule has 7 heteroatoms. The summed E-state index contributed by atoms with van der Waals surface area (Å²) in [4.78, 5) is 5.21. The number of hydrazone groups is 1. The Labute approximate surface area is 144 Å². The van der Waals surface area contributed by atoms with Gasteiger partial charge in [0.05, 0.1) is 23.9 Å². The van der Waals surface area contributed by atoms with E-state index in [0.717, 1.165) is 34.5 Å². The Balaban J connectivity index is 1.71. The first kappa shape index (κ1) is 16.1. The Kier molecular flexibility index (Phi) is 5.35. The average molecular weight is 351 g/mol. The maximum atomic E-state index is 6.22. The molecule has 122 valence electrons. The van der Waals surface area contributed by atoms with E-state index in [0.29, 0.717) is 5.15 Å². The second-order valence-corrected chi connectivity index (χ2v) is 6.65. The van der Waals surface area contributed by atoms with Crippen molar-refractivity contribution in [3.63, 3.8) is 0 Å². The number of nitrogens with zero attached hydrogens (tertiary/aromatic N) is 3. The Bertz CT molecular complexity index is 682. The standard InChI is InChI=1S/C16H19ClN4OS/c1-22-13-8-4-3-7-12(13)19-16-20-15(17)14(23-16)11-18-21-9-5-2-6-10-21/h3-4,7-8,11H,2,5-6,9-10H2,1H3,(H,19,20)/b18-11+. The van der Waals surface area contributed by atoms with Crippen molar-refractivity contribution in [1.29, 1.82) is 0 Å². The van der Waals surface area contributed by atoms with Crippen LogP contribution in [0.1, 0.15) is 24.1 Å². The number of benzene rings is 1. The summed E-state index contributed by atoms with van der Waals surface area (Å²) in [7, 11) is 1.64. The minimum atomic E-state index is 0.466. The zero-order valence-corrected chi connectivity index (χ0v) is 14.5. The van der Waals surface area contributed by atoms with Crippen LogP contribution < -0.4 is 10.1 Å². The molecule has 1 N–H and O–H groups in total. The highest BCUT2D eigenvalue weighted by Crippen LogP contribution is 2.31. The number of hydrogen-bond donors (Lipinski definition) is 1. The molecule has 5 nitrogen and oxygen atoms in total. The van der Waals surface area contributed by atoms with Crippen LogP contribution in [0, 0.1) is 0 Å². The number of thiazole rings is 1. The Morgan fingerprint density at radius 2 is 2.09 bits per heavy atom. The molecule has 0 saturated carbocycles. The fraction of sp³-hybridized carbons (Fsp3) is 0.375. The lowest BCUT2D eigenvalue weighted by molar-refractivity contribution is 0.240. The highest BCUT2D eigenvalue weighted by molar-refractivity contribution is 7.17. The summed E-state index contributed by atoms with van der Waals surface area (Å²) < 4.78 is 5.33. The second-order valence-electron chi connectivity index (χ2n) is 5.26. The molecule has 0 bridgehead atoms. The molecule has 2 aromatic rings. The van der Waals surface area contributed by atoms with Crippen molar-refractivity contribution in [3.8, 4) is 5.75 Å². The lowest BCUT2D eigenvalue weighted by atomic mass is 10.2. The summed E-state index contributed by atoms with van der Waals surface area (Å²) in [5, 5.41) is 11.0. The van der Waals surface area contributed by atoms with Crippen LogP contribution in [0.2, 0.25) is 5.15 Å². The van der Waals surface area contributed by atoms with E-state index in [9.17, 15) is 0 Å². The van der Waals surface area contributed by atoms with Crippen LogP contribution in [0.4, 0.5) is 10.8 Å². The van der Waals surface area contributed by atoms with Gasteiger partial charge < -0.3 is 10.1 Å². The summed E-state index contributed by atoms with van der Waals surface area (Å²) in [6, 6.07) is 7.71. The Hall–Kier alpha value is -1.79. The predicted molar refractivity (Wildman–Crippen MR) is 96.4 cm³/mol. The molecule has 23 heavy (non-hydrogen) atoms. The van der Waals surface area contributed by atoms with Gasteiger partial charge in [-0.1, -0.05) is 35.1 Å². The lowest BCUT2D eigenvalue weighted by Crippen LogP contribution is -2.24. The van der Waals surface area contributed by atoms with Gasteiger partial charge in [-0.2, -0.15) is 5.10 Å². The number of anilines is 2. The van der Waals surface area contributed by atoms with Crippen LogP contribution in [0.3, 0.4) is 0 Å². The van der Waals surface area contributed by atoms with Gasteiger partial charge >= 0.3 is 0 Å². The normalized spacial score (nSPS) is 15.1. The van der Waals surface area contributed by atoms with Gasteiger partial charge in [0.1, 0.15) is 5.75 Å². The van der Waals surface area contributed by atoms with Crippen molar-refractivity contribution >= 4 is 40.0 Å². The van der Waals surface area contributed by atoms with E-state index >= 15 is 0 Å². The molecule has 1 aliphatic heterocycles. The number of ether oxygens (including phenoxy) is 1. The molecular weight excluding hydrogens is 332 g/mol. The van der Waals surface area contributed by atoms with Crippen molar-refractivity contribution in [3.05, 3.63) is 34.3 Å². The highest BCUT2D eigenvalue weighted by Gasteiger charge is 2.11. The molecule has 0 atom stereocenters. The van der Waals surface area contributed by atoms with Crippen LogP contribution in [-0.2, 0) is 0 Å². The first-order valence-corrected chi connectivity index (χ1v) is 8.81. The van der Waals surface area contributed by atoms with Crippen LogP contribution in [0.5, 0.6) is 5.75 Å². The SMILES string of the molecule is COc1ccccc1Nc1nc(Cl)c(/C=N/N2CCCCC2)s1. The van der Waals surface area contributed by atoms with Gasteiger partial charge in [-0.3, -0.25) is 5.01 Å². The van der Waals surface area contributed by atoms with Crippen LogP contribution in [0.15, 0.2) is 29.4 Å². The van der Waals surface area contributed by atoms with Crippen molar-refractivity contribution in [2.45, 2.75) is 19.3 Å². The third kappa shape index (κ3) is 4.14. The molecule has 3 rings (SSSR count). The van der Waals surface area contributed by atoms with E-state index in [2.05, 4.69) is 20.4 Å². The topological polar surface area (TPSA) is 49.8 Å². The summed E-state index contributed by atoms with van der Waals surface area (Å²) in [6.45, 7) is 2.03. The second kappa shape index (κ2) is 7.66. The first-order chi connectivity index (χ1) is 11.3. The molecule has 0 amide bonds. The third-order valence-corrected chi connectivity index (χ3v) is 4.93. The van der Waals surface area contributed by atoms with Gasteiger partial charge in [-0.25, -0.2) is 4.98 Å². The summed E-state index contributed by atoms with van der Waals surface area (Å²) in [5.74, 6) is 0.766. The minimum absolute atomic E-state index is 0.466. The monoisotopic (exact) mass is 350 g/mol. The number of nitrogens with one attached hydrogen (secondary N) is 1. The van der Waals surface area contributed by atoms with Gasteiger partial charge in [0.25, 0.3) is 0 Å². The summed E-state index contributed by atoms with van der Waals surface area (Å²) in [5.41, 5.74) is 0.861. The van der Waals surface area contributed by atoms with Crippen molar-refractivity contribution in [2.24, 2.45) is 5.10 Å². The molecule has 0 radical (unpaired) electrons. The number of hydrogen-bond acceptors (Lipinski definition) is 6. The summed E-state index contributed by atoms with van der Waals surface area (Å²) >= 11 is 7.70. The smallest absolute Gasteiger partial charge is 0.189 e. The fourth-order valence-corrected chi connectivity index (χ4v) is 3.47. The number of piperidine rings is 1. The Morgan fingerprint density at radius 3 is 2.87 bits per heavy atom. The largest absolute Gasteiger partial charge is 0.495 e. The van der Waals surface area contributed by atoms with Crippen molar-refractivity contribution < 1.29 is 4.74 Å². The Morgan fingerprint density at radius 1 is 1.30 bits per heavy atom. The fourth-order valence-electron chi connectivity index (χ4n) is 2.44. The number of rotatable bonds is 5. The van der Waals surface area contributed by atoms with E-state index in [-0.39, 0.29) is 0 Å². The zero-order chi connectivity index (χ0) is 16.1. The van der Waals surface area contributed by atoms with E-state index < -0.39 is 0 Å². The molecule has 0 unspecified atom stereocenters. The average Bonchev–Trinajstić information content (AvgIpc) is 2.94. The maximum Gasteiger partial charge on any atom is 0.189 e. The van der Waals surface area contributed by atoms with E-state index in [1.165, 1.54) is 30.6 Å². The molecule has 1 aromatic heterocycles. The highest BCUT2D eigenvalue weighted by atomic mass is 35.5. The third-order valence-electron chi connectivity index (χ3n) is 3.63. The molecule has 2 heterocycles. The van der Waals surface area contributed by atoms with Crippen LogP contribution >= 0.6 is 22.9 Å². The van der Waals surface area contributed by atoms with Gasteiger partial charge in [0, 0.05) is 13.1 Å². The van der Waals surface area contributed by atoms with Gasteiger partial charge in [0.2, 0.25) is 0 Å². The van der Waals surface area contributed by atoms with Gasteiger partial charge in [-0.15, -0.1) is 0 Å².